The van der Waals surface area contributed by atoms with Crippen LogP contribution in [-0.2, 0) is 23.0 Å². The van der Waals surface area contributed by atoms with Crippen molar-refractivity contribution in [3.05, 3.63) is 69.9 Å². The van der Waals surface area contributed by atoms with Crippen molar-refractivity contribution in [2.75, 3.05) is 0 Å². The Morgan fingerprint density at radius 3 is 2.70 bits per heavy atom. The number of aromatic amines is 1. The van der Waals surface area contributed by atoms with Gasteiger partial charge in [-0.05, 0) is 43.2 Å². The molecule has 0 atom stereocenters. The Balaban J connectivity index is 0.00000261. The van der Waals surface area contributed by atoms with E-state index in [0.29, 0.717) is 12.0 Å². The van der Waals surface area contributed by atoms with Gasteiger partial charge in [-0.1, -0.05) is 13.0 Å². The molecule has 0 saturated carbocycles. The van der Waals surface area contributed by atoms with Gasteiger partial charge in [-0.2, -0.15) is 0 Å². The van der Waals surface area contributed by atoms with Gasteiger partial charge in [0.2, 0.25) is 10.0 Å². The first-order chi connectivity index (χ1) is 12.4. The monoisotopic (exact) mass is 425 g/mol. The lowest BCUT2D eigenvalue weighted by atomic mass is 10.1. The molecule has 0 amide bonds. The van der Waals surface area contributed by atoms with Gasteiger partial charge in [-0.3, -0.25) is 9.78 Å². The van der Waals surface area contributed by atoms with E-state index < -0.39 is 10.0 Å². The highest BCUT2D eigenvalue weighted by molar-refractivity contribution is 7.91. The Bertz CT molecular complexity index is 1080. The minimum atomic E-state index is -3.61. The van der Waals surface area contributed by atoms with Gasteiger partial charge in [0.1, 0.15) is 4.21 Å². The van der Waals surface area contributed by atoms with Gasteiger partial charge >= 0.3 is 0 Å². The van der Waals surface area contributed by atoms with Crippen molar-refractivity contribution in [1.82, 2.24) is 14.7 Å². The number of H-pyrrole nitrogens is 1. The number of thiophene rings is 1. The molecule has 3 aromatic heterocycles. The molecule has 0 fully saturated rings. The summed E-state index contributed by atoms with van der Waals surface area (Å²) in [5.41, 5.74) is 2.94. The van der Waals surface area contributed by atoms with Crippen molar-refractivity contribution >= 4 is 33.8 Å². The predicted octanol–water partition coefficient (Wildman–Crippen LogP) is 3.27. The average molecular weight is 426 g/mol. The smallest absolute Gasteiger partial charge is 0.251 e. The molecule has 3 rings (SSSR count). The molecule has 3 heterocycles. The third-order valence-electron chi connectivity index (χ3n) is 4.00. The molecular weight excluding hydrogens is 406 g/mol. The lowest BCUT2D eigenvalue weighted by Gasteiger charge is -2.06. The van der Waals surface area contributed by atoms with Crippen LogP contribution in [-0.4, -0.2) is 18.4 Å². The second-order valence-electron chi connectivity index (χ2n) is 5.82. The second kappa shape index (κ2) is 8.79. The molecule has 0 saturated heterocycles. The van der Waals surface area contributed by atoms with Crippen LogP contribution in [0.25, 0.3) is 10.4 Å². The largest absolute Gasteiger partial charge is 0.326 e. The number of rotatable bonds is 6. The van der Waals surface area contributed by atoms with Gasteiger partial charge < -0.3 is 4.98 Å². The summed E-state index contributed by atoms with van der Waals surface area (Å²) in [5, 5.41) is 0. The number of nitrogens with zero attached hydrogens (tertiary/aromatic N) is 1. The Labute approximate surface area is 168 Å². The van der Waals surface area contributed by atoms with E-state index >= 15 is 0 Å². The van der Waals surface area contributed by atoms with Gasteiger partial charge in [0, 0.05) is 40.6 Å². The van der Waals surface area contributed by atoms with Gasteiger partial charge in [0.15, 0.2) is 0 Å². The fourth-order valence-corrected chi connectivity index (χ4v) is 4.99. The van der Waals surface area contributed by atoms with Gasteiger partial charge in [-0.15, -0.1) is 23.7 Å². The molecule has 3 aromatic rings. The molecule has 27 heavy (non-hydrogen) atoms. The van der Waals surface area contributed by atoms with Crippen molar-refractivity contribution < 1.29 is 8.42 Å². The molecule has 6 nitrogen and oxygen atoms in total. The Hall–Kier alpha value is -2.00. The maximum Gasteiger partial charge on any atom is 0.251 e. The molecule has 2 N–H and O–H groups in total. The Kier molecular flexibility index (Phi) is 6.94. The van der Waals surface area contributed by atoms with Crippen LogP contribution in [0.1, 0.15) is 23.7 Å². The topological polar surface area (TPSA) is 91.9 Å². The minimum absolute atomic E-state index is 0. The molecule has 0 unspecified atom stereocenters. The zero-order valence-corrected chi connectivity index (χ0v) is 17.3. The van der Waals surface area contributed by atoms with Crippen molar-refractivity contribution in [1.29, 1.82) is 0 Å². The number of hydrogen-bond acceptors (Lipinski definition) is 5. The van der Waals surface area contributed by atoms with E-state index in [4.69, 9.17) is 0 Å². The summed E-state index contributed by atoms with van der Waals surface area (Å²) in [4.78, 5) is 19.5. The van der Waals surface area contributed by atoms with Crippen LogP contribution in [0.4, 0.5) is 0 Å². The summed E-state index contributed by atoms with van der Waals surface area (Å²) in [7, 11) is -3.61. The fourth-order valence-electron chi connectivity index (χ4n) is 2.55. The Morgan fingerprint density at radius 1 is 1.26 bits per heavy atom. The zero-order chi connectivity index (χ0) is 18.7. The predicted molar refractivity (Wildman–Crippen MR) is 110 cm³/mol. The summed E-state index contributed by atoms with van der Waals surface area (Å²) in [5.74, 6) is 0. The SMILES string of the molecule is CCc1cc(-c2ccc(S(=O)(=O)NCc3cccnc3)s2)c(C)[nH]c1=O.Cl. The first-order valence-corrected chi connectivity index (χ1v) is 10.4. The molecule has 0 aliphatic rings. The highest BCUT2D eigenvalue weighted by Gasteiger charge is 2.18. The number of aryl methyl sites for hydroxylation is 2. The molecule has 0 radical (unpaired) electrons. The summed E-state index contributed by atoms with van der Waals surface area (Å²) < 4.78 is 27.9. The van der Waals surface area contributed by atoms with Gasteiger partial charge in [0.25, 0.3) is 5.56 Å². The standard InChI is InChI=1S/C18H19N3O3S2.ClH/c1-3-14-9-15(12(2)21-18(14)22)16-6-7-17(25-16)26(23,24)20-11-13-5-4-8-19-10-13;/h4-10,20H,3,11H2,1-2H3,(H,21,22);1H. The number of sulfonamides is 1. The number of aromatic nitrogens is 2. The molecule has 0 bridgehead atoms. The normalized spacial score (nSPS) is 11.2. The van der Waals surface area contributed by atoms with E-state index in [2.05, 4.69) is 14.7 Å². The van der Waals surface area contributed by atoms with Crippen molar-refractivity contribution in [2.45, 2.75) is 31.0 Å². The van der Waals surface area contributed by atoms with E-state index in [1.807, 2.05) is 26.0 Å². The molecule has 0 aliphatic heterocycles. The lowest BCUT2D eigenvalue weighted by Crippen LogP contribution is -2.22. The number of pyridine rings is 2. The molecule has 0 aromatic carbocycles. The van der Waals surface area contributed by atoms with Crippen molar-refractivity contribution in [2.24, 2.45) is 0 Å². The van der Waals surface area contributed by atoms with Gasteiger partial charge in [-0.25, -0.2) is 13.1 Å². The average Bonchev–Trinajstić information content (AvgIpc) is 3.12. The van der Waals surface area contributed by atoms with Gasteiger partial charge in [0.05, 0.1) is 0 Å². The first-order valence-electron chi connectivity index (χ1n) is 8.12. The van der Waals surface area contributed by atoms with E-state index in [0.717, 1.165) is 21.7 Å². The van der Waals surface area contributed by atoms with Crippen LogP contribution in [0.15, 0.2) is 51.7 Å². The highest BCUT2D eigenvalue weighted by atomic mass is 35.5. The maximum atomic E-state index is 12.5. The van der Waals surface area contributed by atoms with Crippen LogP contribution in [0.2, 0.25) is 0 Å². The molecule has 0 aliphatic carbocycles. The van der Waals surface area contributed by atoms with Crippen LogP contribution in [0, 0.1) is 6.92 Å². The molecule has 9 heteroatoms. The summed E-state index contributed by atoms with van der Waals surface area (Å²) in [6.07, 6.45) is 3.88. The number of halogens is 1. The van der Waals surface area contributed by atoms with Crippen LogP contribution in [0.5, 0.6) is 0 Å². The third kappa shape index (κ3) is 4.84. The van der Waals surface area contributed by atoms with Crippen LogP contribution >= 0.6 is 23.7 Å². The fraction of sp³-hybridized carbons (Fsp3) is 0.222. The Morgan fingerprint density at radius 2 is 2.04 bits per heavy atom. The summed E-state index contributed by atoms with van der Waals surface area (Å²) in [6.45, 7) is 3.90. The number of hydrogen-bond donors (Lipinski definition) is 2. The van der Waals surface area contributed by atoms with E-state index in [-0.39, 0.29) is 28.7 Å². The van der Waals surface area contributed by atoms with E-state index in [1.54, 1.807) is 30.6 Å². The van der Waals surface area contributed by atoms with Crippen LogP contribution < -0.4 is 10.3 Å². The quantitative estimate of drug-likeness (QED) is 0.634. The van der Waals surface area contributed by atoms with Crippen molar-refractivity contribution in [3.8, 4) is 10.4 Å². The summed E-state index contributed by atoms with van der Waals surface area (Å²) >= 11 is 1.18. The second-order valence-corrected chi connectivity index (χ2v) is 8.90. The third-order valence-corrected chi connectivity index (χ3v) is 7.01. The van der Waals surface area contributed by atoms with E-state index in [1.165, 1.54) is 11.3 Å². The number of nitrogens with one attached hydrogen (secondary N) is 2. The summed E-state index contributed by atoms with van der Waals surface area (Å²) in [6, 6.07) is 8.76. The minimum Gasteiger partial charge on any atom is -0.326 e. The highest BCUT2D eigenvalue weighted by Crippen LogP contribution is 2.32. The molecule has 0 spiro atoms. The maximum absolute atomic E-state index is 12.5. The first kappa shape index (κ1) is 21.3. The lowest BCUT2D eigenvalue weighted by molar-refractivity contribution is 0.583. The zero-order valence-electron chi connectivity index (χ0n) is 14.9. The van der Waals surface area contributed by atoms with E-state index in [9.17, 15) is 13.2 Å². The van der Waals surface area contributed by atoms with Crippen molar-refractivity contribution in [3.63, 3.8) is 0 Å². The van der Waals surface area contributed by atoms with Crippen LogP contribution in [0.3, 0.4) is 0 Å². The molecular formula is C18H20ClN3O3S2. The molecule has 144 valence electrons.